The number of ketones is 1. The zero-order valence-corrected chi connectivity index (χ0v) is 13.7. The van der Waals surface area contributed by atoms with Gasteiger partial charge in [0.25, 0.3) is 0 Å². The summed E-state index contributed by atoms with van der Waals surface area (Å²) in [6, 6.07) is 16.3. The van der Waals surface area contributed by atoms with Crippen molar-refractivity contribution in [3.8, 4) is 0 Å². The number of nitrogens with one attached hydrogen (secondary N) is 1. The lowest BCUT2D eigenvalue weighted by Gasteiger charge is -2.27. The molecule has 1 aliphatic heterocycles. The molecule has 1 saturated heterocycles. The average molecular weight is 308 g/mol. The van der Waals surface area contributed by atoms with E-state index in [1.807, 2.05) is 31.2 Å². The van der Waals surface area contributed by atoms with Gasteiger partial charge in [-0.05, 0) is 18.1 Å². The van der Waals surface area contributed by atoms with E-state index in [2.05, 4.69) is 34.5 Å². The van der Waals surface area contributed by atoms with Crippen LogP contribution in [0.4, 0.5) is 0 Å². The van der Waals surface area contributed by atoms with Crippen molar-refractivity contribution in [1.82, 2.24) is 10.2 Å². The Morgan fingerprint density at radius 2 is 1.57 bits per heavy atom. The molecule has 0 radical (unpaired) electrons. The molecule has 0 aromatic heterocycles. The van der Waals surface area contributed by atoms with E-state index >= 15 is 0 Å². The summed E-state index contributed by atoms with van der Waals surface area (Å²) in [7, 11) is 0. The number of Topliss-reactive ketones (excluding diaryl/α,β-unsaturated/α-hetero) is 1. The fourth-order valence-electron chi connectivity index (χ4n) is 2.92. The van der Waals surface area contributed by atoms with Crippen LogP contribution in [0.15, 0.2) is 48.5 Å². The molecule has 0 atom stereocenters. The number of benzene rings is 2. The molecule has 0 saturated carbocycles. The SMILES string of the molecule is Cc1ccc(C(=O)Cc2ccc(CN3CCNCC3)cc2)cc1. The first-order valence-corrected chi connectivity index (χ1v) is 8.31. The van der Waals surface area contributed by atoms with Crippen LogP contribution in [0, 0.1) is 6.92 Å². The van der Waals surface area contributed by atoms with Crippen LogP contribution in [0.5, 0.6) is 0 Å². The van der Waals surface area contributed by atoms with Gasteiger partial charge in [0.05, 0.1) is 0 Å². The normalized spacial score (nSPS) is 15.5. The van der Waals surface area contributed by atoms with Crippen LogP contribution in [-0.4, -0.2) is 36.9 Å². The summed E-state index contributed by atoms with van der Waals surface area (Å²) in [5, 5.41) is 3.37. The van der Waals surface area contributed by atoms with Gasteiger partial charge in [0.1, 0.15) is 0 Å². The molecular weight excluding hydrogens is 284 g/mol. The number of nitrogens with zero attached hydrogens (tertiary/aromatic N) is 1. The predicted octanol–water partition coefficient (Wildman–Crippen LogP) is 2.83. The Labute approximate surface area is 138 Å². The number of piperazine rings is 1. The van der Waals surface area contributed by atoms with Gasteiger partial charge in [-0.1, -0.05) is 54.1 Å². The maximum atomic E-state index is 12.3. The smallest absolute Gasteiger partial charge is 0.167 e. The number of aryl methyl sites for hydroxylation is 1. The highest BCUT2D eigenvalue weighted by molar-refractivity contribution is 5.97. The molecule has 3 heteroatoms. The van der Waals surface area contributed by atoms with Crippen LogP contribution in [0.3, 0.4) is 0 Å². The summed E-state index contributed by atoms with van der Waals surface area (Å²) in [6.45, 7) is 7.38. The predicted molar refractivity (Wildman–Crippen MR) is 93.8 cm³/mol. The topological polar surface area (TPSA) is 32.3 Å². The van der Waals surface area contributed by atoms with Crippen LogP contribution >= 0.6 is 0 Å². The van der Waals surface area contributed by atoms with Crippen LogP contribution in [0.1, 0.15) is 27.0 Å². The van der Waals surface area contributed by atoms with E-state index in [0.717, 1.165) is 43.9 Å². The average Bonchev–Trinajstić information content (AvgIpc) is 2.58. The van der Waals surface area contributed by atoms with Crippen molar-refractivity contribution >= 4 is 5.78 Å². The van der Waals surface area contributed by atoms with Crippen molar-refractivity contribution in [2.45, 2.75) is 19.9 Å². The van der Waals surface area contributed by atoms with Gasteiger partial charge in [0.2, 0.25) is 0 Å². The summed E-state index contributed by atoms with van der Waals surface area (Å²) in [4.78, 5) is 14.8. The molecule has 3 rings (SSSR count). The van der Waals surface area contributed by atoms with Gasteiger partial charge in [-0.25, -0.2) is 0 Å². The standard InChI is InChI=1S/C20H24N2O/c1-16-2-8-19(9-3-16)20(23)14-17-4-6-18(7-5-17)15-22-12-10-21-11-13-22/h2-9,21H,10-15H2,1H3. The Morgan fingerprint density at radius 1 is 0.957 bits per heavy atom. The Balaban J connectivity index is 1.58. The third kappa shape index (κ3) is 4.50. The number of carbonyl (C=O) groups is 1. The van der Waals surface area contributed by atoms with Crippen LogP contribution in [0.25, 0.3) is 0 Å². The second-order valence-corrected chi connectivity index (χ2v) is 6.31. The minimum Gasteiger partial charge on any atom is -0.314 e. The quantitative estimate of drug-likeness (QED) is 0.862. The Kier molecular flexibility index (Phi) is 5.21. The maximum absolute atomic E-state index is 12.3. The fourth-order valence-corrected chi connectivity index (χ4v) is 2.92. The molecule has 23 heavy (non-hydrogen) atoms. The Morgan fingerprint density at radius 3 is 2.22 bits per heavy atom. The van der Waals surface area contributed by atoms with Gasteiger partial charge in [-0.3, -0.25) is 9.69 Å². The molecule has 120 valence electrons. The highest BCUT2D eigenvalue weighted by atomic mass is 16.1. The van der Waals surface area contributed by atoms with Crippen molar-refractivity contribution in [1.29, 1.82) is 0 Å². The second-order valence-electron chi connectivity index (χ2n) is 6.31. The number of hydrogen-bond donors (Lipinski definition) is 1. The van der Waals surface area contributed by atoms with Gasteiger partial charge in [-0.2, -0.15) is 0 Å². The summed E-state index contributed by atoms with van der Waals surface area (Å²) in [6.07, 6.45) is 0.469. The lowest BCUT2D eigenvalue weighted by molar-refractivity contribution is 0.0993. The summed E-state index contributed by atoms with van der Waals surface area (Å²) >= 11 is 0. The number of hydrogen-bond acceptors (Lipinski definition) is 3. The van der Waals surface area contributed by atoms with Crippen LogP contribution < -0.4 is 5.32 Å². The summed E-state index contributed by atoms with van der Waals surface area (Å²) in [5.41, 5.74) is 4.37. The molecule has 0 aliphatic carbocycles. The molecule has 0 amide bonds. The minimum absolute atomic E-state index is 0.180. The third-order valence-electron chi connectivity index (χ3n) is 4.38. The minimum atomic E-state index is 0.180. The first-order valence-electron chi connectivity index (χ1n) is 8.31. The van der Waals surface area contributed by atoms with E-state index in [0.29, 0.717) is 6.42 Å². The monoisotopic (exact) mass is 308 g/mol. The number of carbonyl (C=O) groups excluding carboxylic acids is 1. The third-order valence-corrected chi connectivity index (χ3v) is 4.38. The molecule has 0 spiro atoms. The second kappa shape index (κ2) is 7.53. The van der Waals surface area contributed by atoms with Crippen molar-refractivity contribution in [3.63, 3.8) is 0 Å². The fraction of sp³-hybridized carbons (Fsp3) is 0.350. The van der Waals surface area contributed by atoms with Crippen molar-refractivity contribution < 1.29 is 4.79 Å². The largest absolute Gasteiger partial charge is 0.314 e. The zero-order valence-electron chi connectivity index (χ0n) is 13.7. The molecule has 1 fully saturated rings. The van der Waals surface area contributed by atoms with Crippen molar-refractivity contribution in [3.05, 3.63) is 70.8 Å². The lowest BCUT2D eigenvalue weighted by Crippen LogP contribution is -2.42. The Bertz CT molecular complexity index is 640. The zero-order chi connectivity index (χ0) is 16.1. The van der Waals surface area contributed by atoms with Crippen LogP contribution in [0.2, 0.25) is 0 Å². The van der Waals surface area contributed by atoms with E-state index in [4.69, 9.17) is 0 Å². The summed E-state index contributed by atoms with van der Waals surface area (Å²) in [5.74, 6) is 0.180. The van der Waals surface area contributed by atoms with E-state index in [1.54, 1.807) is 0 Å². The molecule has 0 unspecified atom stereocenters. The van der Waals surface area contributed by atoms with Gasteiger partial charge >= 0.3 is 0 Å². The van der Waals surface area contributed by atoms with Crippen LogP contribution in [-0.2, 0) is 13.0 Å². The molecule has 1 N–H and O–H groups in total. The maximum Gasteiger partial charge on any atom is 0.167 e. The molecule has 2 aromatic rings. The van der Waals surface area contributed by atoms with E-state index in [1.165, 1.54) is 11.1 Å². The molecule has 3 nitrogen and oxygen atoms in total. The molecule has 1 heterocycles. The van der Waals surface area contributed by atoms with Crippen molar-refractivity contribution in [2.75, 3.05) is 26.2 Å². The van der Waals surface area contributed by atoms with Gasteiger partial charge in [0, 0.05) is 44.7 Å². The van der Waals surface area contributed by atoms with Gasteiger partial charge in [-0.15, -0.1) is 0 Å². The van der Waals surface area contributed by atoms with Crippen molar-refractivity contribution in [2.24, 2.45) is 0 Å². The van der Waals surface area contributed by atoms with E-state index in [9.17, 15) is 4.79 Å². The molecule has 2 aromatic carbocycles. The molecule has 0 bridgehead atoms. The lowest BCUT2D eigenvalue weighted by atomic mass is 10.0. The molecule has 1 aliphatic rings. The first kappa shape index (κ1) is 15.9. The Hall–Kier alpha value is -1.97. The number of rotatable bonds is 5. The molecular formula is C20H24N2O. The van der Waals surface area contributed by atoms with E-state index < -0.39 is 0 Å². The van der Waals surface area contributed by atoms with Gasteiger partial charge in [0.15, 0.2) is 5.78 Å². The highest BCUT2D eigenvalue weighted by Gasteiger charge is 2.10. The summed E-state index contributed by atoms with van der Waals surface area (Å²) < 4.78 is 0. The first-order chi connectivity index (χ1) is 11.2. The van der Waals surface area contributed by atoms with Gasteiger partial charge < -0.3 is 5.32 Å². The highest BCUT2D eigenvalue weighted by Crippen LogP contribution is 2.12. The van der Waals surface area contributed by atoms with E-state index in [-0.39, 0.29) is 5.78 Å².